The molecule has 0 spiro atoms. The highest BCUT2D eigenvalue weighted by atomic mass is 19.2. The van der Waals surface area contributed by atoms with E-state index in [0.29, 0.717) is 30.6 Å². The number of rotatable bonds is 7. The van der Waals surface area contributed by atoms with E-state index in [1.807, 2.05) is 16.7 Å². The molecule has 3 rings (SSSR count). The number of aromatic nitrogens is 2. The maximum Gasteiger partial charge on any atom is 0.163 e. The Hall–Kier alpha value is -3.04. The third kappa shape index (κ3) is 4.32. The van der Waals surface area contributed by atoms with Crippen LogP contribution in [-0.2, 0) is 19.5 Å². The van der Waals surface area contributed by atoms with E-state index in [2.05, 4.69) is 16.4 Å². The third-order valence-electron chi connectivity index (χ3n) is 4.14. The topological polar surface area (TPSA) is 53.6 Å². The summed E-state index contributed by atoms with van der Waals surface area (Å²) in [5, 5.41) is 12.0. The van der Waals surface area contributed by atoms with E-state index in [-0.39, 0.29) is 6.54 Å². The lowest BCUT2D eigenvalue weighted by Crippen LogP contribution is -2.19. The van der Waals surface area contributed by atoms with Gasteiger partial charge in [-0.05, 0) is 23.8 Å². The minimum absolute atomic E-state index is 0.271. The second kappa shape index (κ2) is 8.37. The van der Waals surface area contributed by atoms with E-state index in [4.69, 9.17) is 5.26 Å². The van der Waals surface area contributed by atoms with Gasteiger partial charge in [-0.2, -0.15) is 5.26 Å². The predicted molar refractivity (Wildman–Crippen MR) is 94.3 cm³/mol. The molecule has 1 N–H and O–H groups in total. The summed E-state index contributed by atoms with van der Waals surface area (Å²) in [6.07, 6.45) is 4.28. The first-order valence-corrected chi connectivity index (χ1v) is 8.29. The molecule has 0 saturated heterocycles. The zero-order valence-electron chi connectivity index (χ0n) is 14.1. The molecule has 4 nitrogen and oxygen atoms in total. The van der Waals surface area contributed by atoms with E-state index in [1.165, 1.54) is 6.07 Å². The summed E-state index contributed by atoms with van der Waals surface area (Å²) < 4.78 is 28.8. The molecule has 0 aliphatic heterocycles. The van der Waals surface area contributed by atoms with Crippen molar-refractivity contribution < 1.29 is 8.78 Å². The van der Waals surface area contributed by atoms with Crippen LogP contribution in [0.15, 0.2) is 55.0 Å². The van der Waals surface area contributed by atoms with Crippen molar-refractivity contribution in [2.75, 3.05) is 6.54 Å². The summed E-state index contributed by atoms with van der Waals surface area (Å²) in [7, 11) is 0. The quantitative estimate of drug-likeness (QED) is 0.663. The first kappa shape index (κ1) is 17.8. The van der Waals surface area contributed by atoms with Gasteiger partial charge in [-0.25, -0.2) is 13.8 Å². The molecule has 0 bridgehead atoms. The van der Waals surface area contributed by atoms with Crippen molar-refractivity contribution in [3.8, 4) is 6.07 Å². The normalized spacial score (nSPS) is 10.7. The molecule has 0 unspecified atom stereocenters. The summed E-state index contributed by atoms with van der Waals surface area (Å²) >= 11 is 0. The molecule has 132 valence electrons. The summed E-state index contributed by atoms with van der Waals surface area (Å²) in [5.41, 5.74) is 3.07. The van der Waals surface area contributed by atoms with Gasteiger partial charge in [0.1, 0.15) is 0 Å². The number of nitrogens with one attached hydrogen (secondary N) is 1. The SMILES string of the molecule is N#Cc1ccc(Cn2cncc2CCNCc2cccc(F)c2F)cc1. The van der Waals surface area contributed by atoms with Gasteiger partial charge in [0.2, 0.25) is 0 Å². The molecule has 1 heterocycles. The fraction of sp³-hybridized carbons (Fsp3) is 0.200. The van der Waals surface area contributed by atoms with Gasteiger partial charge < -0.3 is 9.88 Å². The molecule has 2 aromatic carbocycles. The monoisotopic (exact) mass is 352 g/mol. The minimum atomic E-state index is -0.829. The smallest absolute Gasteiger partial charge is 0.163 e. The number of nitrogens with zero attached hydrogens (tertiary/aromatic N) is 3. The first-order chi connectivity index (χ1) is 12.7. The van der Waals surface area contributed by atoms with E-state index >= 15 is 0 Å². The lowest BCUT2D eigenvalue weighted by atomic mass is 10.1. The Kier molecular flexibility index (Phi) is 5.72. The average Bonchev–Trinajstić information content (AvgIpc) is 3.09. The van der Waals surface area contributed by atoms with Gasteiger partial charge in [-0.1, -0.05) is 24.3 Å². The molecule has 0 atom stereocenters. The predicted octanol–water partition coefficient (Wildman–Crippen LogP) is 3.41. The fourth-order valence-corrected chi connectivity index (χ4v) is 2.70. The van der Waals surface area contributed by atoms with Crippen molar-refractivity contribution in [3.63, 3.8) is 0 Å². The third-order valence-corrected chi connectivity index (χ3v) is 4.14. The summed E-state index contributed by atoms with van der Waals surface area (Å²) in [4.78, 5) is 4.19. The van der Waals surface area contributed by atoms with Crippen LogP contribution in [0.5, 0.6) is 0 Å². The van der Waals surface area contributed by atoms with Gasteiger partial charge >= 0.3 is 0 Å². The van der Waals surface area contributed by atoms with Crippen LogP contribution in [0.2, 0.25) is 0 Å². The maximum absolute atomic E-state index is 13.6. The van der Waals surface area contributed by atoms with Crippen LogP contribution >= 0.6 is 0 Å². The van der Waals surface area contributed by atoms with Crippen molar-refractivity contribution >= 4 is 0 Å². The molecule has 0 saturated carbocycles. The van der Waals surface area contributed by atoms with Gasteiger partial charge in [-0.15, -0.1) is 0 Å². The lowest BCUT2D eigenvalue weighted by molar-refractivity contribution is 0.492. The molecular formula is C20H18F2N4. The van der Waals surface area contributed by atoms with E-state index in [1.54, 1.807) is 30.7 Å². The fourth-order valence-electron chi connectivity index (χ4n) is 2.70. The second-order valence-electron chi connectivity index (χ2n) is 5.96. The Morgan fingerprint density at radius 3 is 2.69 bits per heavy atom. The van der Waals surface area contributed by atoms with Crippen molar-refractivity contribution in [3.05, 3.63) is 89.0 Å². The summed E-state index contributed by atoms with van der Waals surface area (Å²) in [6.45, 7) is 1.56. The molecule has 0 amide bonds. The highest BCUT2D eigenvalue weighted by Gasteiger charge is 2.07. The number of hydrogen-bond donors (Lipinski definition) is 1. The van der Waals surface area contributed by atoms with Crippen molar-refractivity contribution in [2.45, 2.75) is 19.5 Å². The van der Waals surface area contributed by atoms with E-state index in [9.17, 15) is 8.78 Å². The van der Waals surface area contributed by atoms with Crippen LogP contribution in [-0.4, -0.2) is 16.1 Å². The Morgan fingerprint density at radius 2 is 1.92 bits per heavy atom. The van der Waals surface area contributed by atoms with Gasteiger partial charge in [0, 0.05) is 43.5 Å². The zero-order valence-corrected chi connectivity index (χ0v) is 14.1. The molecule has 26 heavy (non-hydrogen) atoms. The molecule has 1 aromatic heterocycles. The Labute approximate surface area is 150 Å². The number of imidazole rings is 1. The molecule has 6 heteroatoms. The Bertz CT molecular complexity index is 910. The van der Waals surface area contributed by atoms with Crippen LogP contribution < -0.4 is 5.32 Å². The van der Waals surface area contributed by atoms with Crippen LogP contribution in [0.3, 0.4) is 0 Å². The second-order valence-corrected chi connectivity index (χ2v) is 5.96. The Balaban J connectivity index is 1.54. The molecule has 0 aliphatic carbocycles. The highest BCUT2D eigenvalue weighted by molar-refractivity contribution is 5.31. The molecule has 3 aromatic rings. The number of nitriles is 1. The number of hydrogen-bond acceptors (Lipinski definition) is 3. The van der Waals surface area contributed by atoms with Crippen LogP contribution in [0.1, 0.15) is 22.4 Å². The first-order valence-electron chi connectivity index (χ1n) is 8.29. The van der Waals surface area contributed by atoms with Crippen molar-refractivity contribution in [1.82, 2.24) is 14.9 Å². The molecule has 0 aliphatic rings. The number of benzene rings is 2. The maximum atomic E-state index is 13.6. The molecular weight excluding hydrogens is 334 g/mol. The van der Waals surface area contributed by atoms with Gasteiger partial charge in [0.05, 0.1) is 18.0 Å². The van der Waals surface area contributed by atoms with Crippen LogP contribution in [0.4, 0.5) is 8.78 Å². The number of halogens is 2. The lowest BCUT2D eigenvalue weighted by Gasteiger charge is -2.10. The summed E-state index contributed by atoms with van der Waals surface area (Å²) in [5.74, 6) is -1.63. The molecule has 0 fully saturated rings. The van der Waals surface area contributed by atoms with Crippen LogP contribution in [0.25, 0.3) is 0 Å². The van der Waals surface area contributed by atoms with Crippen LogP contribution in [0, 0.1) is 23.0 Å². The highest BCUT2D eigenvalue weighted by Crippen LogP contribution is 2.11. The average molecular weight is 352 g/mol. The Morgan fingerprint density at radius 1 is 1.12 bits per heavy atom. The van der Waals surface area contributed by atoms with Gasteiger partial charge in [0.25, 0.3) is 0 Å². The zero-order chi connectivity index (χ0) is 18.4. The largest absolute Gasteiger partial charge is 0.330 e. The van der Waals surface area contributed by atoms with Gasteiger partial charge in [-0.3, -0.25) is 0 Å². The minimum Gasteiger partial charge on any atom is -0.330 e. The van der Waals surface area contributed by atoms with Crippen molar-refractivity contribution in [1.29, 1.82) is 5.26 Å². The summed E-state index contributed by atoms with van der Waals surface area (Å²) in [6, 6.07) is 13.7. The van der Waals surface area contributed by atoms with E-state index < -0.39 is 11.6 Å². The van der Waals surface area contributed by atoms with Crippen molar-refractivity contribution in [2.24, 2.45) is 0 Å². The van der Waals surface area contributed by atoms with Gasteiger partial charge in [0.15, 0.2) is 11.6 Å². The van der Waals surface area contributed by atoms with E-state index in [0.717, 1.165) is 17.3 Å². The molecule has 0 radical (unpaired) electrons. The standard InChI is InChI=1S/C20H18F2N4/c21-19-3-1-2-17(20(19)22)11-24-9-8-18-12-25-14-26(18)13-16-6-4-15(10-23)5-7-16/h1-7,12,14,24H,8-9,11,13H2.